The topological polar surface area (TPSA) is 46.9 Å². The van der Waals surface area contributed by atoms with E-state index in [-0.39, 0.29) is 18.4 Å². The Morgan fingerprint density at radius 3 is 2.43 bits per heavy atom. The van der Waals surface area contributed by atoms with Gasteiger partial charge in [0.1, 0.15) is 0 Å². The maximum atomic E-state index is 12.8. The second-order valence-corrected chi connectivity index (χ2v) is 5.83. The molecule has 1 atom stereocenters. The molecule has 7 heteroatoms. The van der Waals surface area contributed by atoms with Crippen molar-refractivity contribution in [1.82, 2.24) is 15.1 Å². The number of nitrogens with one attached hydrogen (secondary N) is 1. The molecule has 0 saturated carbocycles. The molecule has 0 aliphatic rings. The Hall–Kier alpha value is -1.95. The molecule has 1 N–H and O–H groups in total. The van der Waals surface area contributed by atoms with Crippen LogP contribution in [0.3, 0.4) is 0 Å². The molecule has 4 nitrogen and oxygen atoms in total. The summed E-state index contributed by atoms with van der Waals surface area (Å²) in [7, 11) is 0. The van der Waals surface area contributed by atoms with Crippen LogP contribution >= 0.6 is 11.6 Å². The van der Waals surface area contributed by atoms with E-state index in [9.17, 15) is 13.6 Å². The van der Waals surface area contributed by atoms with Gasteiger partial charge in [-0.1, -0.05) is 23.7 Å². The Morgan fingerprint density at radius 1 is 1.30 bits per heavy atom. The van der Waals surface area contributed by atoms with Crippen molar-refractivity contribution in [2.24, 2.45) is 0 Å². The first-order chi connectivity index (χ1) is 10.8. The molecule has 0 spiro atoms. The number of hydrogen-bond acceptors (Lipinski definition) is 2. The summed E-state index contributed by atoms with van der Waals surface area (Å²) in [6.45, 7) is 2.30. The fraction of sp³-hybridized carbons (Fsp3) is 0.375. The van der Waals surface area contributed by atoms with Crippen LogP contribution in [-0.4, -0.2) is 15.7 Å². The summed E-state index contributed by atoms with van der Waals surface area (Å²) in [6, 6.07) is 6.96. The van der Waals surface area contributed by atoms with Crippen LogP contribution in [0, 0.1) is 13.8 Å². The van der Waals surface area contributed by atoms with Crippen LogP contribution in [0.15, 0.2) is 24.3 Å². The highest BCUT2D eigenvalue weighted by Crippen LogP contribution is 2.20. The second-order valence-electron chi connectivity index (χ2n) is 5.39. The van der Waals surface area contributed by atoms with Crippen LogP contribution in [0.25, 0.3) is 0 Å². The van der Waals surface area contributed by atoms with Gasteiger partial charge in [-0.05, 0) is 38.5 Å². The number of carbonyl (C=O) groups excluding carboxylic acids is 1. The number of amides is 1. The summed E-state index contributed by atoms with van der Waals surface area (Å²) in [5, 5.41) is 7.26. The molecule has 1 heterocycles. The zero-order valence-electron chi connectivity index (χ0n) is 13.1. The summed E-state index contributed by atoms with van der Waals surface area (Å²) in [5.41, 5.74) is 2.20. The normalized spacial score (nSPS) is 12.5. The molecule has 0 radical (unpaired) electrons. The number of aromatic nitrogens is 2. The summed E-state index contributed by atoms with van der Waals surface area (Å²) in [6.07, 6.45) is 0.0162. The lowest BCUT2D eigenvalue weighted by Crippen LogP contribution is -2.28. The van der Waals surface area contributed by atoms with Crippen molar-refractivity contribution in [3.05, 3.63) is 51.8 Å². The van der Waals surface area contributed by atoms with Crippen molar-refractivity contribution in [1.29, 1.82) is 0 Å². The van der Waals surface area contributed by atoms with Gasteiger partial charge >= 0.3 is 6.55 Å². The third-order valence-electron chi connectivity index (χ3n) is 3.74. The lowest BCUT2D eigenvalue weighted by molar-refractivity contribution is -0.121. The van der Waals surface area contributed by atoms with Gasteiger partial charge in [-0.2, -0.15) is 13.9 Å². The second kappa shape index (κ2) is 7.08. The Labute approximate surface area is 138 Å². The summed E-state index contributed by atoms with van der Waals surface area (Å²) >= 11 is 5.83. The molecule has 0 bridgehead atoms. The van der Waals surface area contributed by atoms with Crippen molar-refractivity contribution in [3.63, 3.8) is 0 Å². The molecule has 0 unspecified atom stereocenters. The van der Waals surface area contributed by atoms with Crippen molar-refractivity contribution in [3.8, 4) is 0 Å². The average Bonchev–Trinajstić information content (AvgIpc) is 2.76. The molecule has 1 aromatic heterocycles. The number of benzene rings is 1. The zero-order valence-corrected chi connectivity index (χ0v) is 13.9. The lowest BCUT2D eigenvalue weighted by Gasteiger charge is -2.14. The van der Waals surface area contributed by atoms with Gasteiger partial charge in [-0.3, -0.25) is 4.79 Å². The zero-order chi connectivity index (χ0) is 17.1. The van der Waals surface area contributed by atoms with E-state index in [2.05, 4.69) is 10.4 Å². The van der Waals surface area contributed by atoms with Crippen molar-refractivity contribution >= 4 is 17.5 Å². The highest BCUT2D eigenvalue weighted by atomic mass is 35.5. The van der Waals surface area contributed by atoms with Gasteiger partial charge in [-0.25, -0.2) is 4.68 Å². The quantitative estimate of drug-likeness (QED) is 0.894. The predicted octanol–water partition coefficient (Wildman–Crippen LogP) is 3.97. The number of halogens is 3. The van der Waals surface area contributed by atoms with Gasteiger partial charge in [0.15, 0.2) is 0 Å². The van der Waals surface area contributed by atoms with E-state index in [0.29, 0.717) is 26.7 Å². The fourth-order valence-electron chi connectivity index (χ4n) is 2.43. The number of hydrogen-bond donors (Lipinski definition) is 1. The number of carbonyl (C=O) groups is 1. The van der Waals surface area contributed by atoms with Crippen LogP contribution in [0.2, 0.25) is 5.02 Å². The van der Waals surface area contributed by atoms with Gasteiger partial charge < -0.3 is 5.32 Å². The van der Waals surface area contributed by atoms with Gasteiger partial charge in [-0.15, -0.1) is 0 Å². The molecular formula is C16H18ClF2N3O. The van der Waals surface area contributed by atoms with Gasteiger partial charge in [0, 0.05) is 16.3 Å². The molecule has 23 heavy (non-hydrogen) atoms. The van der Waals surface area contributed by atoms with Crippen LogP contribution in [0.4, 0.5) is 8.78 Å². The molecule has 2 rings (SSSR count). The third kappa shape index (κ3) is 4.07. The van der Waals surface area contributed by atoms with Crippen molar-refractivity contribution < 1.29 is 13.6 Å². The van der Waals surface area contributed by atoms with E-state index in [0.717, 1.165) is 5.56 Å². The Morgan fingerprint density at radius 2 is 1.91 bits per heavy atom. The molecule has 0 saturated heterocycles. The predicted molar refractivity (Wildman–Crippen MR) is 84.7 cm³/mol. The van der Waals surface area contributed by atoms with E-state index < -0.39 is 6.55 Å². The monoisotopic (exact) mass is 341 g/mol. The number of alkyl halides is 2. The molecule has 124 valence electrons. The Bertz CT molecular complexity index is 698. The minimum Gasteiger partial charge on any atom is -0.349 e. The highest BCUT2D eigenvalue weighted by Gasteiger charge is 2.20. The molecule has 0 fully saturated rings. The van der Waals surface area contributed by atoms with E-state index in [1.807, 2.05) is 19.1 Å². The lowest BCUT2D eigenvalue weighted by atomic mass is 10.1. The number of aryl methyl sites for hydroxylation is 1. The SMILES string of the molecule is Cc1nn(C(F)F)c(C)c1CC(=O)N[C@@H](C)c1ccc(Cl)cc1. The fourth-order valence-corrected chi connectivity index (χ4v) is 2.56. The molecule has 1 amide bonds. The Kier molecular flexibility index (Phi) is 5.36. The van der Waals surface area contributed by atoms with Gasteiger partial charge in [0.2, 0.25) is 5.91 Å². The smallest absolute Gasteiger partial charge is 0.333 e. The minimum absolute atomic E-state index is 0.0162. The van der Waals surface area contributed by atoms with Gasteiger partial charge in [0.25, 0.3) is 0 Å². The maximum absolute atomic E-state index is 12.8. The van der Waals surface area contributed by atoms with E-state index in [1.54, 1.807) is 19.1 Å². The standard InChI is InChI=1S/C16H18ClF2N3O/c1-9(12-4-6-13(17)7-5-12)20-15(23)8-14-10(2)21-22(11(14)3)16(18)19/h4-7,9,16H,8H2,1-3H3,(H,20,23)/t9-/m0/s1. The van der Waals surface area contributed by atoms with E-state index in [4.69, 9.17) is 11.6 Å². The van der Waals surface area contributed by atoms with Crippen molar-refractivity contribution in [2.75, 3.05) is 0 Å². The van der Waals surface area contributed by atoms with Crippen LogP contribution < -0.4 is 5.32 Å². The maximum Gasteiger partial charge on any atom is 0.333 e. The molecule has 2 aromatic rings. The molecular weight excluding hydrogens is 324 g/mol. The van der Waals surface area contributed by atoms with Crippen LogP contribution in [0.1, 0.15) is 42.0 Å². The largest absolute Gasteiger partial charge is 0.349 e. The third-order valence-corrected chi connectivity index (χ3v) is 4.00. The molecule has 1 aromatic carbocycles. The van der Waals surface area contributed by atoms with E-state index in [1.165, 1.54) is 6.92 Å². The first-order valence-corrected chi connectivity index (χ1v) is 7.55. The average molecular weight is 342 g/mol. The van der Waals surface area contributed by atoms with Crippen molar-refractivity contribution in [2.45, 2.75) is 39.8 Å². The van der Waals surface area contributed by atoms with Gasteiger partial charge in [0.05, 0.1) is 18.2 Å². The van der Waals surface area contributed by atoms with E-state index >= 15 is 0 Å². The first-order valence-electron chi connectivity index (χ1n) is 7.17. The number of nitrogens with zero attached hydrogens (tertiary/aromatic N) is 2. The molecule has 0 aliphatic heterocycles. The summed E-state index contributed by atoms with van der Waals surface area (Å²) < 4.78 is 26.3. The first kappa shape index (κ1) is 17.4. The van der Waals surface area contributed by atoms with Crippen LogP contribution in [-0.2, 0) is 11.2 Å². The van der Waals surface area contributed by atoms with Crippen LogP contribution in [0.5, 0.6) is 0 Å². The number of rotatable bonds is 5. The highest BCUT2D eigenvalue weighted by molar-refractivity contribution is 6.30. The molecule has 0 aliphatic carbocycles. The summed E-state index contributed by atoms with van der Waals surface area (Å²) in [5.74, 6) is -0.243. The minimum atomic E-state index is -2.71. The Balaban J connectivity index is 2.06. The summed E-state index contributed by atoms with van der Waals surface area (Å²) in [4.78, 5) is 12.2.